The molecule has 5 nitrogen and oxygen atoms in total. The summed E-state index contributed by atoms with van der Waals surface area (Å²) in [5.74, 6) is 0.363. The summed E-state index contributed by atoms with van der Waals surface area (Å²) in [6, 6.07) is 14.1. The van der Waals surface area contributed by atoms with Gasteiger partial charge in [0.25, 0.3) is 0 Å². The Balaban J connectivity index is 1.65. The van der Waals surface area contributed by atoms with Crippen LogP contribution in [0.1, 0.15) is 36.4 Å². The second kappa shape index (κ2) is 8.97. The maximum absolute atomic E-state index is 11.5. The summed E-state index contributed by atoms with van der Waals surface area (Å²) in [5.41, 5.74) is 1.99. The number of carbonyl (C=O) groups is 1. The molecule has 0 fully saturated rings. The number of hydrogen-bond acceptors (Lipinski definition) is 6. The van der Waals surface area contributed by atoms with E-state index in [0.717, 1.165) is 31.8 Å². The highest BCUT2D eigenvalue weighted by Crippen LogP contribution is 2.32. The van der Waals surface area contributed by atoms with Gasteiger partial charge in [0.15, 0.2) is 0 Å². The van der Waals surface area contributed by atoms with Gasteiger partial charge in [-0.1, -0.05) is 48.1 Å². The molecule has 0 radical (unpaired) electrons. The van der Waals surface area contributed by atoms with Gasteiger partial charge < -0.3 is 9.84 Å². The lowest BCUT2D eigenvalue weighted by atomic mass is 10.0. The fourth-order valence-electron chi connectivity index (χ4n) is 2.61. The van der Waals surface area contributed by atoms with E-state index in [0.29, 0.717) is 12.2 Å². The summed E-state index contributed by atoms with van der Waals surface area (Å²) in [7, 11) is 0. The molecule has 1 heterocycles. The number of thioether (sulfide) groups is 1. The van der Waals surface area contributed by atoms with Crippen LogP contribution in [0.15, 0.2) is 47.4 Å². The number of aliphatic carboxylic acids is 1. The first-order chi connectivity index (χ1) is 13.8. The summed E-state index contributed by atoms with van der Waals surface area (Å²) in [6.45, 7) is 7.39. The molecule has 0 bridgehead atoms. The van der Waals surface area contributed by atoms with Crippen molar-refractivity contribution >= 4 is 29.1 Å². The number of aromatic nitrogens is 2. The molecule has 1 N–H and O–H groups in total. The standard InChI is InChI=1S/C22H24N2O3S2/c1-5-22(4,21(25)26)27-18-11-10-17(12-15(18)3)28-13-19-23-24-20(29-19)16-8-6-14(2)7-9-16/h6-12H,5,13H2,1-4H3,(H,25,26). The third-order valence-corrected chi connectivity index (χ3v) is 6.90. The van der Waals surface area contributed by atoms with E-state index in [1.807, 2.05) is 25.1 Å². The third-order valence-electron chi connectivity index (χ3n) is 4.74. The van der Waals surface area contributed by atoms with E-state index in [2.05, 4.69) is 41.4 Å². The Morgan fingerprint density at radius 3 is 2.52 bits per heavy atom. The van der Waals surface area contributed by atoms with Crippen LogP contribution in [-0.4, -0.2) is 26.9 Å². The van der Waals surface area contributed by atoms with Crippen LogP contribution in [0.5, 0.6) is 5.75 Å². The first kappa shape index (κ1) is 21.3. The van der Waals surface area contributed by atoms with Crippen molar-refractivity contribution in [3.05, 3.63) is 58.6 Å². The van der Waals surface area contributed by atoms with Crippen LogP contribution in [0.2, 0.25) is 0 Å². The second-order valence-electron chi connectivity index (χ2n) is 7.07. The zero-order valence-corrected chi connectivity index (χ0v) is 18.6. The van der Waals surface area contributed by atoms with Crippen LogP contribution in [-0.2, 0) is 10.5 Å². The monoisotopic (exact) mass is 428 g/mol. The molecule has 1 atom stereocenters. The van der Waals surface area contributed by atoms with Crippen LogP contribution in [0.3, 0.4) is 0 Å². The molecule has 0 saturated carbocycles. The topological polar surface area (TPSA) is 72.3 Å². The number of carboxylic acid groups (broad SMARTS) is 1. The highest BCUT2D eigenvalue weighted by Gasteiger charge is 2.33. The van der Waals surface area contributed by atoms with Gasteiger partial charge in [0.2, 0.25) is 5.60 Å². The number of hydrogen-bond donors (Lipinski definition) is 1. The molecule has 3 aromatic rings. The molecule has 0 aliphatic heterocycles. The normalized spacial score (nSPS) is 13.1. The van der Waals surface area contributed by atoms with Crippen molar-refractivity contribution in [2.24, 2.45) is 0 Å². The molecule has 0 aliphatic rings. The fourth-order valence-corrected chi connectivity index (χ4v) is 4.43. The van der Waals surface area contributed by atoms with Gasteiger partial charge in [-0.25, -0.2) is 4.79 Å². The number of benzene rings is 2. The van der Waals surface area contributed by atoms with Gasteiger partial charge in [0.05, 0.1) is 5.75 Å². The lowest BCUT2D eigenvalue weighted by molar-refractivity contribution is -0.154. The molecule has 152 valence electrons. The van der Waals surface area contributed by atoms with Crippen molar-refractivity contribution in [2.45, 2.75) is 50.4 Å². The van der Waals surface area contributed by atoms with Crippen molar-refractivity contribution in [1.29, 1.82) is 0 Å². The van der Waals surface area contributed by atoms with Gasteiger partial charge >= 0.3 is 5.97 Å². The number of carboxylic acids is 1. The smallest absolute Gasteiger partial charge is 0.347 e. The molecular weight excluding hydrogens is 404 g/mol. The highest BCUT2D eigenvalue weighted by molar-refractivity contribution is 7.98. The first-order valence-electron chi connectivity index (χ1n) is 9.36. The molecule has 3 rings (SSSR count). The van der Waals surface area contributed by atoms with E-state index in [1.165, 1.54) is 5.56 Å². The quantitative estimate of drug-likeness (QED) is 0.461. The minimum absolute atomic E-state index is 0.388. The largest absolute Gasteiger partial charge is 0.478 e. The summed E-state index contributed by atoms with van der Waals surface area (Å²) in [6.07, 6.45) is 0.388. The molecule has 1 aromatic heterocycles. The average molecular weight is 429 g/mol. The van der Waals surface area contributed by atoms with Crippen molar-refractivity contribution < 1.29 is 14.6 Å². The van der Waals surface area contributed by atoms with Gasteiger partial charge in [0, 0.05) is 10.5 Å². The molecule has 29 heavy (non-hydrogen) atoms. The van der Waals surface area contributed by atoms with Gasteiger partial charge in [0.1, 0.15) is 15.8 Å². The predicted octanol–water partition coefficient (Wildman–Crippen LogP) is 5.75. The molecule has 0 spiro atoms. The number of aryl methyl sites for hydroxylation is 2. The Labute approximate surface area is 179 Å². The van der Waals surface area contributed by atoms with E-state index in [4.69, 9.17) is 4.74 Å². The van der Waals surface area contributed by atoms with E-state index in [1.54, 1.807) is 36.9 Å². The fraction of sp³-hybridized carbons (Fsp3) is 0.318. The maximum Gasteiger partial charge on any atom is 0.347 e. The molecule has 1 unspecified atom stereocenters. The zero-order chi connectivity index (χ0) is 21.0. The zero-order valence-electron chi connectivity index (χ0n) is 16.9. The van der Waals surface area contributed by atoms with E-state index < -0.39 is 11.6 Å². The third kappa shape index (κ3) is 5.16. The SMILES string of the molecule is CCC(C)(Oc1ccc(SCc2nnc(-c3ccc(C)cc3)s2)cc1C)C(=O)O. The van der Waals surface area contributed by atoms with Crippen molar-refractivity contribution in [3.63, 3.8) is 0 Å². The number of rotatable bonds is 8. The van der Waals surface area contributed by atoms with Gasteiger partial charge in [-0.3, -0.25) is 0 Å². The first-order valence-corrected chi connectivity index (χ1v) is 11.2. The Kier molecular flexibility index (Phi) is 6.59. The van der Waals surface area contributed by atoms with E-state index in [-0.39, 0.29) is 0 Å². The molecule has 0 saturated heterocycles. The van der Waals surface area contributed by atoms with Crippen LogP contribution >= 0.6 is 23.1 Å². The Morgan fingerprint density at radius 1 is 1.17 bits per heavy atom. The Bertz CT molecular complexity index is 1000. The molecule has 7 heteroatoms. The summed E-state index contributed by atoms with van der Waals surface area (Å²) >= 11 is 3.27. The number of nitrogens with zero attached hydrogens (tertiary/aromatic N) is 2. The van der Waals surface area contributed by atoms with Gasteiger partial charge in [-0.15, -0.1) is 22.0 Å². The molecular formula is C22H24N2O3S2. The van der Waals surface area contributed by atoms with Crippen LogP contribution in [0.4, 0.5) is 0 Å². The lowest BCUT2D eigenvalue weighted by Gasteiger charge is -2.26. The number of ether oxygens (including phenoxy) is 1. The molecule has 0 aliphatic carbocycles. The lowest BCUT2D eigenvalue weighted by Crippen LogP contribution is -2.40. The molecule has 2 aromatic carbocycles. The van der Waals surface area contributed by atoms with Crippen molar-refractivity contribution in [1.82, 2.24) is 10.2 Å². The minimum Gasteiger partial charge on any atom is -0.478 e. The average Bonchev–Trinajstić information content (AvgIpc) is 3.17. The van der Waals surface area contributed by atoms with Gasteiger partial charge in [-0.2, -0.15) is 0 Å². The maximum atomic E-state index is 11.5. The molecule has 0 amide bonds. The van der Waals surface area contributed by atoms with Gasteiger partial charge in [-0.05, 0) is 51.0 Å². The van der Waals surface area contributed by atoms with Crippen LogP contribution < -0.4 is 4.74 Å². The predicted molar refractivity (Wildman–Crippen MR) is 118 cm³/mol. The Hall–Kier alpha value is -2.38. The van der Waals surface area contributed by atoms with Crippen molar-refractivity contribution in [3.8, 4) is 16.3 Å². The van der Waals surface area contributed by atoms with Crippen LogP contribution in [0, 0.1) is 13.8 Å². The summed E-state index contributed by atoms with van der Waals surface area (Å²) < 4.78 is 5.79. The Morgan fingerprint density at radius 2 is 1.90 bits per heavy atom. The summed E-state index contributed by atoms with van der Waals surface area (Å²) in [4.78, 5) is 12.6. The van der Waals surface area contributed by atoms with E-state index in [9.17, 15) is 9.90 Å². The highest BCUT2D eigenvalue weighted by atomic mass is 32.2. The van der Waals surface area contributed by atoms with Crippen LogP contribution in [0.25, 0.3) is 10.6 Å². The summed E-state index contributed by atoms with van der Waals surface area (Å²) in [5, 5.41) is 19.9. The minimum atomic E-state index is -1.22. The second-order valence-corrected chi connectivity index (χ2v) is 9.19. The van der Waals surface area contributed by atoms with E-state index >= 15 is 0 Å². The van der Waals surface area contributed by atoms with Crippen molar-refractivity contribution in [2.75, 3.05) is 0 Å².